The number of carbonyl (C=O) groups is 3. The molecule has 0 radical (unpaired) electrons. The number of esters is 3. The lowest BCUT2D eigenvalue weighted by atomic mass is 10.0. The summed E-state index contributed by atoms with van der Waals surface area (Å²) in [5.74, 6) is -3.54. The summed E-state index contributed by atoms with van der Waals surface area (Å²) >= 11 is 0. The molecule has 0 unspecified atom stereocenters. The van der Waals surface area contributed by atoms with Gasteiger partial charge in [-0.1, -0.05) is 11.8 Å². The maximum absolute atomic E-state index is 12.5. The molecule has 0 fully saturated rings. The van der Waals surface area contributed by atoms with Gasteiger partial charge in [0.1, 0.15) is 6.61 Å². The highest BCUT2D eigenvalue weighted by molar-refractivity contribution is 6.21. The molecule has 132 valence electrons. The van der Waals surface area contributed by atoms with Crippen LogP contribution in [0, 0.1) is 0 Å². The van der Waals surface area contributed by atoms with Crippen molar-refractivity contribution in [2.75, 3.05) is 19.8 Å². The molecule has 0 spiro atoms. The Kier molecular flexibility index (Phi) is 5.89. The van der Waals surface area contributed by atoms with E-state index in [-0.39, 0.29) is 18.9 Å². The number of hydrogen-bond donors (Lipinski definition) is 0. The molecule has 2 rings (SSSR count). The van der Waals surface area contributed by atoms with Gasteiger partial charge in [0.05, 0.1) is 18.8 Å². The van der Waals surface area contributed by atoms with E-state index in [1.54, 1.807) is 32.0 Å². The largest absolute Gasteiger partial charge is 0.873 e. The summed E-state index contributed by atoms with van der Waals surface area (Å²) in [6.45, 7) is 2.70. The van der Waals surface area contributed by atoms with Crippen LogP contribution in [0.1, 0.15) is 13.8 Å². The molecule has 1 aliphatic heterocycles. The smallest absolute Gasteiger partial charge is 0.405 e. The number of carbonyl (C=O) groups excluding carboxylic acids is 3. The van der Waals surface area contributed by atoms with Crippen molar-refractivity contribution >= 4 is 23.6 Å². The Morgan fingerprint density at radius 3 is 2.24 bits per heavy atom. The van der Waals surface area contributed by atoms with E-state index in [0.717, 1.165) is 0 Å². The van der Waals surface area contributed by atoms with Crippen molar-refractivity contribution in [3.8, 4) is 0 Å². The van der Waals surface area contributed by atoms with Crippen LogP contribution < -0.4 is 9.67 Å². The predicted octanol–water partition coefficient (Wildman–Crippen LogP) is -0.517. The van der Waals surface area contributed by atoms with Crippen molar-refractivity contribution in [3.63, 3.8) is 0 Å². The summed E-state index contributed by atoms with van der Waals surface area (Å²) in [7, 11) is 0. The van der Waals surface area contributed by atoms with E-state index in [4.69, 9.17) is 9.47 Å². The topological polar surface area (TPSA) is 106 Å². The fourth-order valence-corrected chi connectivity index (χ4v) is 2.23. The molecule has 0 bridgehead atoms. The van der Waals surface area contributed by atoms with Crippen LogP contribution in [-0.4, -0.2) is 37.7 Å². The van der Waals surface area contributed by atoms with Crippen LogP contribution >= 0.6 is 0 Å². The van der Waals surface area contributed by atoms with Crippen molar-refractivity contribution in [2.45, 2.75) is 13.8 Å². The highest BCUT2D eigenvalue weighted by Crippen LogP contribution is 2.25. The number of aromatic nitrogens is 1. The SMILES string of the molecule is CCOC(=O)/C(C1=C([O-])COC1=O)=C(\C(=O)OCC)[n+]1ccccc1. The third-order valence-corrected chi connectivity index (χ3v) is 3.23. The van der Waals surface area contributed by atoms with Crippen molar-refractivity contribution < 1.29 is 38.3 Å². The van der Waals surface area contributed by atoms with Crippen LogP contribution in [0.3, 0.4) is 0 Å². The average molecular weight is 347 g/mol. The molecule has 0 saturated carbocycles. The minimum Gasteiger partial charge on any atom is -0.873 e. The molecule has 8 heteroatoms. The summed E-state index contributed by atoms with van der Waals surface area (Å²) in [5, 5.41) is 12.1. The molecule has 0 aliphatic carbocycles. The number of ether oxygens (including phenoxy) is 3. The molecule has 0 atom stereocenters. The average Bonchev–Trinajstić information content (AvgIpc) is 2.92. The lowest BCUT2D eigenvalue weighted by Crippen LogP contribution is -2.39. The van der Waals surface area contributed by atoms with Gasteiger partial charge in [-0.2, -0.15) is 4.57 Å². The molecule has 0 aromatic carbocycles. The molecule has 1 aromatic rings. The fourth-order valence-electron chi connectivity index (χ4n) is 2.23. The van der Waals surface area contributed by atoms with E-state index in [9.17, 15) is 19.5 Å². The summed E-state index contributed by atoms with van der Waals surface area (Å²) in [4.78, 5) is 36.9. The van der Waals surface area contributed by atoms with Gasteiger partial charge in [0.15, 0.2) is 18.0 Å². The van der Waals surface area contributed by atoms with E-state index < -0.39 is 41.4 Å². The molecule has 0 N–H and O–H groups in total. The molecule has 1 aromatic heterocycles. The molecule has 1 aliphatic rings. The predicted molar refractivity (Wildman–Crippen MR) is 81.1 cm³/mol. The first-order valence-electron chi connectivity index (χ1n) is 7.64. The molecular formula is C17H17NO7. The number of cyclic esters (lactones) is 1. The van der Waals surface area contributed by atoms with Crippen LogP contribution in [0.2, 0.25) is 0 Å². The van der Waals surface area contributed by atoms with Gasteiger partial charge in [-0.3, -0.25) is 0 Å². The third-order valence-electron chi connectivity index (χ3n) is 3.23. The highest BCUT2D eigenvalue weighted by atomic mass is 16.6. The lowest BCUT2D eigenvalue weighted by Gasteiger charge is -2.12. The van der Waals surface area contributed by atoms with Gasteiger partial charge >= 0.3 is 23.6 Å². The zero-order chi connectivity index (χ0) is 18.4. The van der Waals surface area contributed by atoms with E-state index >= 15 is 0 Å². The maximum Gasteiger partial charge on any atom is 0.405 e. The van der Waals surface area contributed by atoms with Gasteiger partial charge in [0.25, 0.3) is 0 Å². The number of hydrogen-bond acceptors (Lipinski definition) is 7. The molecule has 2 heterocycles. The summed E-state index contributed by atoms with van der Waals surface area (Å²) < 4.78 is 15.9. The first-order valence-corrected chi connectivity index (χ1v) is 7.64. The van der Waals surface area contributed by atoms with Crippen molar-refractivity contribution in [3.05, 3.63) is 47.5 Å². The van der Waals surface area contributed by atoms with Gasteiger partial charge < -0.3 is 19.3 Å². The van der Waals surface area contributed by atoms with Crippen LogP contribution in [-0.2, 0) is 28.6 Å². The monoisotopic (exact) mass is 347 g/mol. The Bertz CT molecular complexity index is 750. The van der Waals surface area contributed by atoms with E-state index in [1.807, 2.05) is 0 Å². The Morgan fingerprint density at radius 2 is 1.72 bits per heavy atom. The second-order valence-electron chi connectivity index (χ2n) is 4.82. The second kappa shape index (κ2) is 8.09. The summed E-state index contributed by atoms with van der Waals surface area (Å²) in [6.07, 6.45) is 2.97. The number of nitrogens with zero attached hydrogens (tertiary/aromatic N) is 1. The van der Waals surface area contributed by atoms with Gasteiger partial charge in [0.2, 0.25) is 0 Å². The van der Waals surface area contributed by atoms with Crippen molar-refractivity contribution in [1.29, 1.82) is 0 Å². The van der Waals surface area contributed by atoms with Crippen molar-refractivity contribution in [1.82, 2.24) is 0 Å². The van der Waals surface area contributed by atoms with Crippen LogP contribution in [0.25, 0.3) is 5.70 Å². The first kappa shape index (κ1) is 18.2. The molecule has 0 saturated heterocycles. The number of rotatable bonds is 6. The zero-order valence-electron chi connectivity index (χ0n) is 13.8. The Morgan fingerprint density at radius 1 is 1.12 bits per heavy atom. The highest BCUT2D eigenvalue weighted by Gasteiger charge is 2.39. The van der Waals surface area contributed by atoms with Gasteiger partial charge in [-0.15, -0.1) is 0 Å². The van der Waals surface area contributed by atoms with Crippen LogP contribution in [0.15, 0.2) is 47.5 Å². The molecule has 8 nitrogen and oxygen atoms in total. The molecule has 25 heavy (non-hydrogen) atoms. The summed E-state index contributed by atoms with van der Waals surface area (Å²) in [5.41, 5.74) is -1.27. The van der Waals surface area contributed by atoms with Gasteiger partial charge in [-0.25, -0.2) is 14.4 Å². The molecular weight excluding hydrogens is 330 g/mol. The number of pyridine rings is 1. The quantitative estimate of drug-likeness (QED) is 0.295. The Labute approximate surface area is 143 Å². The van der Waals surface area contributed by atoms with E-state index in [1.165, 1.54) is 17.0 Å². The van der Waals surface area contributed by atoms with Gasteiger partial charge in [-0.05, 0) is 13.8 Å². The maximum atomic E-state index is 12.5. The third kappa shape index (κ3) is 3.85. The standard InChI is InChI=1S/C17H17NO7/c1-3-23-16(21)13(12-11(19)10-25-15(12)20)14(17(22)24-4-2)18-8-6-5-7-9-18/h5-9H,3-4,10H2,1-2H3. The second-order valence-corrected chi connectivity index (χ2v) is 4.82. The van der Waals surface area contributed by atoms with Crippen LogP contribution in [0.4, 0.5) is 0 Å². The Hall–Kier alpha value is -3.16. The van der Waals surface area contributed by atoms with Crippen molar-refractivity contribution in [2.24, 2.45) is 0 Å². The normalized spacial score (nSPS) is 14.7. The lowest BCUT2D eigenvalue weighted by molar-refractivity contribution is -0.578. The van der Waals surface area contributed by atoms with Gasteiger partial charge in [0, 0.05) is 12.1 Å². The Balaban J connectivity index is 2.77. The van der Waals surface area contributed by atoms with E-state index in [2.05, 4.69) is 4.74 Å². The van der Waals surface area contributed by atoms with E-state index in [0.29, 0.717) is 0 Å². The zero-order valence-corrected chi connectivity index (χ0v) is 13.8. The molecule has 0 amide bonds. The first-order chi connectivity index (χ1) is 12.0. The fraction of sp³-hybridized carbons (Fsp3) is 0.294. The minimum absolute atomic E-state index is 0.00554. The summed E-state index contributed by atoms with van der Waals surface area (Å²) in [6, 6.07) is 4.92. The van der Waals surface area contributed by atoms with Crippen LogP contribution in [0.5, 0.6) is 0 Å². The minimum atomic E-state index is -0.982.